The molecule has 1 aromatic carbocycles. The quantitative estimate of drug-likeness (QED) is 0.824. The third kappa shape index (κ3) is 3.25. The van der Waals surface area contributed by atoms with Crippen molar-refractivity contribution in [3.63, 3.8) is 0 Å². The molecule has 0 spiro atoms. The summed E-state index contributed by atoms with van der Waals surface area (Å²) in [5.74, 6) is 0. The van der Waals surface area contributed by atoms with Gasteiger partial charge in [0.05, 0.1) is 6.04 Å². The van der Waals surface area contributed by atoms with Crippen molar-refractivity contribution in [2.24, 2.45) is 4.99 Å². The molecule has 0 aliphatic heterocycles. The molecular weight excluding hydrogens is 230 g/mol. The lowest BCUT2D eigenvalue weighted by Gasteiger charge is -2.14. The highest BCUT2D eigenvalue weighted by molar-refractivity contribution is 7.11. The van der Waals surface area contributed by atoms with Gasteiger partial charge >= 0.3 is 0 Å². The van der Waals surface area contributed by atoms with Crippen LogP contribution in [-0.4, -0.2) is 17.4 Å². The zero-order chi connectivity index (χ0) is 12.1. The van der Waals surface area contributed by atoms with Gasteiger partial charge in [-0.25, -0.2) is 0 Å². The summed E-state index contributed by atoms with van der Waals surface area (Å²) in [6, 6.07) is 13.5. The summed E-state index contributed by atoms with van der Waals surface area (Å²) >= 11 is 1.64. The van der Waals surface area contributed by atoms with Crippen molar-refractivity contribution in [3.8, 4) is 0 Å². The standard InChI is InChI=1S/C14H15NOS/c1-11(15-10-13-8-5-9-17-13)14(16)12-6-3-2-4-7-12/h2-11,14,16H,1H3. The van der Waals surface area contributed by atoms with Crippen molar-refractivity contribution >= 4 is 17.6 Å². The molecule has 2 rings (SSSR count). The predicted molar refractivity (Wildman–Crippen MR) is 72.8 cm³/mol. The van der Waals surface area contributed by atoms with E-state index in [2.05, 4.69) is 4.99 Å². The Kier molecular flexibility index (Phi) is 4.07. The van der Waals surface area contributed by atoms with E-state index in [0.29, 0.717) is 0 Å². The van der Waals surface area contributed by atoms with E-state index < -0.39 is 6.10 Å². The summed E-state index contributed by atoms with van der Waals surface area (Å²) in [7, 11) is 0. The molecular formula is C14H15NOS. The van der Waals surface area contributed by atoms with Crippen LogP contribution < -0.4 is 0 Å². The second-order valence-corrected chi connectivity index (χ2v) is 4.87. The van der Waals surface area contributed by atoms with Crippen LogP contribution in [0.5, 0.6) is 0 Å². The second kappa shape index (κ2) is 5.75. The van der Waals surface area contributed by atoms with Crippen LogP contribution in [0.4, 0.5) is 0 Å². The smallest absolute Gasteiger partial charge is 0.101 e. The number of thiophene rings is 1. The molecule has 0 fully saturated rings. The molecule has 3 heteroatoms. The van der Waals surface area contributed by atoms with Crippen LogP contribution in [0.25, 0.3) is 0 Å². The summed E-state index contributed by atoms with van der Waals surface area (Å²) in [4.78, 5) is 5.49. The Hall–Kier alpha value is -1.45. The zero-order valence-electron chi connectivity index (χ0n) is 9.65. The van der Waals surface area contributed by atoms with Gasteiger partial charge in [0.1, 0.15) is 6.10 Å². The molecule has 0 saturated heterocycles. The number of aliphatic imine (C=N–C) groups is 1. The molecule has 1 aromatic heterocycles. The maximum absolute atomic E-state index is 10.1. The van der Waals surface area contributed by atoms with Crippen LogP contribution >= 0.6 is 11.3 Å². The summed E-state index contributed by atoms with van der Waals surface area (Å²) in [6.45, 7) is 1.92. The number of aliphatic hydroxyl groups excluding tert-OH is 1. The molecule has 0 saturated carbocycles. The highest BCUT2D eigenvalue weighted by Crippen LogP contribution is 2.18. The fraction of sp³-hybridized carbons (Fsp3) is 0.214. The lowest BCUT2D eigenvalue weighted by Crippen LogP contribution is -2.12. The molecule has 2 atom stereocenters. The van der Waals surface area contributed by atoms with Gasteiger partial charge < -0.3 is 5.11 Å². The highest BCUT2D eigenvalue weighted by atomic mass is 32.1. The molecule has 88 valence electrons. The number of aliphatic hydroxyl groups is 1. The third-order valence-electron chi connectivity index (χ3n) is 2.58. The molecule has 0 aliphatic rings. The first kappa shape index (κ1) is 12.0. The van der Waals surface area contributed by atoms with Crippen molar-refractivity contribution in [1.82, 2.24) is 0 Å². The molecule has 2 aromatic rings. The minimum absolute atomic E-state index is 0.139. The first-order chi connectivity index (χ1) is 8.27. The number of hydrogen-bond acceptors (Lipinski definition) is 3. The van der Waals surface area contributed by atoms with Crippen LogP contribution in [0.1, 0.15) is 23.5 Å². The fourth-order valence-electron chi connectivity index (χ4n) is 1.57. The normalized spacial score (nSPS) is 14.9. The van der Waals surface area contributed by atoms with E-state index in [9.17, 15) is 5.11 Å². The Morgan fingerprint density at radius 3 is 2.59 bits per heavy atom. The minimum atomic E-state index is -0.549. The van der Waals surface area contributed by atoms with Gasteiger partial charge in [0.25, 0.3) is 0 Å². The molecule has 0 aliphatic carbocycles. The van der Waals surface area contributed by atoms with Gasteiger partial charge in [-0.1, -0.05) is 36.4 Å². The van der Waals surface area contributed by atoms with Gasteiger partial charge in [0, 0.05) is 11.1 Å². The maximum atomic E-state index is 10.1. The summed E-state index contributed by atoms with van der Waals surface area (Å²) < 4.78 is 0. The Morgan fingerprint density at radius 2 is 1.94 bits per heavy atom. The number of rotatable bonds is 4. The first-order valence-corrected chi connectivity index (χ1v) is 6.45. The van der Waals surface area contributed by atoms with Gasteiger partial charge in [-0.05, 0) is 23.9 Å². The van der Waals surface area contributed by atoms with Crippen molar-refractivity contribution in [2.75, 3.05) is 0 Å². The molecule has 1 N–H and O–H groups in total. The molecule has 0 bridgehead atoms. The minimum Gasteiger partial charge on any atom is -0.386 e. The average molecular weight is 245 g/mol. The summed E-state index contributed by atoms with van der Waals surface area (Å²) in [5, 5.41) is 12.1. The topological polar surface area (TPSA) is 32.6 Å². The van der Waals surface area contributed by atoms with Crippen LogP contribution in [0, 0.1) is 0 Å². The Morgan fingerprint density at radius 1 is 1.18 bits per heavy atom. The van der Waals surface area contributed by atoms with E-state index in [0.717, 1.165) is 10.4 Å². The second-order valence-electron chi connectivity index (χ2n) is 3.89. The number of hydrogen-bond donors (Lipinski definition) is 1. The molecule has 1 heterocycles. The predicted octanol–water partition coefficient (Wildman–Crippen LogP) is 3.29. The van der Waals surface area contributed by atoms with Gasteiger partial charge in [0.15, 0.2) is 0 Å². The van der Waals surface area contributed by atoms with E-state index in [4.69, 9.17) is 0 Å². The lowest BCUT2D eigenvalue weighted by atomic mass is 10.0. The molecule has 17 heavy (non-hydrogen) atoms. The molecule has 2 nitrogen and oxygen atoms in total. The third-order valence-corrected chi connectivity index (χ3v) is 3.39. The van der Waals surface area contributed by atoms with E-state index in [-0.39, 0.29) is 6.04 Å². The summed E-state index contributed by atoms with van der Waals surface area (Å²) in [5.41, 5.74) is 0.906. The van der Waals surface area contributed by atoms with Gasteiger partial charge in [0.2, 0.25) is 0 Å². The number of nitrogens with zero attached hydrogens (tertiary/aromatic N) is 1. The Bertz CT molecular complexity index is 464. The van der Waals surface area contributed by atoms with E-state index >= 15 is 0 Å². The van der Waals surface area contributed by atoms with Crippen molar-refractivity contribution in [3.05, 3.63) is 58.3 Å². The van der Waals surface area contributed by atoms with Gasteiger partial charge in [-0.2, -0.15) is 0 Å². The lowest BCUT2D eigenvalue weighted by molar-refractivity contribution is 0.154. The van der Waals surface area contributed by atoms with Crippen molar-refractivity contribution in [1.29, 1.82) is 0 Å². The Balaban J connectivity index is 2.03. The average Bonchev–Trinajstić information content (AvgIpc) is 2.89. The SMILES string of the molecule is CC(N=Cc1cccs1)C(O)c1ccccc1. The first-order valence-electron chi connectivity index (χ1n) is 5.57. The Labute approximate surface area is 105 Å². The highest BCUT2D eigenvalue weighted by Gasteiger charge is 2.14. The number of benzene rings is 1. The molecule has 2 unspecified atom stereocenters. The molecule has 0 radical (unpaired) electrons. The van der Waals surface area contributed by atoms with E-state index in [1.54, 1.807) is 11.3 Å². The van der Waals surface area contributed by atoms with Gasteiger partial charge in [-0.15, -0.1) is 11.3 Å². The fourth-order valence-corrected chi connectivity index (χ4v) is 2.16. The maximum Gasteiger partial charge on any atom is 0.101 e. The van der Waals surface area contributed by atoms with Crippen molar-refractivity contribution < 1.29 is 5.11 Å². The largest absolute Gasteiger partial charge is 0.386 e. The van der Waals surface area contributed by atoms with E-state index in [1.165, 1.54) is 0 Å². The van der Waals surface area contributed by atoms with Crippen LogP contribution in [0.15, 0.2) is 52.8 Å². The summed E-state index contributed by atoms with van der Waals surface area (Å²) in [6.07, 6.45) is 1.27. The van der Waals surface area contributed by atoms with Crippen LogP contribution in [0.3, 0.4) is 0 Å². The van der Waals surface area contributed by atoms with Gasteiger partial charge in [-0.3, -0.25) is 4.99 Å². The van der Waals surface area contributed by atoms with Crippen LogP contribution in [0.2, 0.25) is 0 Å². The monoisotopic (exact) mass is 245 g/mol. The van der Waals surface area contributed by atoms with E-state index in [1.807, 2.05) is 61.0 Å². The zero-order valence-corrected chi connectivity index (χ0v) is 10.5. The molecule has 0 amide bonds. The van der Waals surface area contributed by atoms with Crippen molar-refractivity contribution in [2.45, 2.75) is 19.1 Å². The van der Waals surface area contributed by atoms with Crippen LogP contribution in [-0.2, 0) is 0 Å².